The molecule has 54 heavy (non-hydrogen) atoms. The van der Waals surface area contributed by atoms with Gasteiger partial charge in [-0.2, -0.15) is 0 Å². The third kappa shape index (κ3) is 4.74. The Morgan fingerprint density at radius 2 is 1.80 bits per heavy atom. The number of benzene rings is 3. The number of fused-ring (bicyclic) bond motifs is 9. The lowest BCUT2D eigenvalue weighted by Crippen LogP contribution is -2.70. The van der Waals surface area contributed by atoms with E-state index >= 15 is 0 Å². The van der Waals surface area contributed by atoms with E-state index in [1.54, 1.807) is 12.1 Å². The van der Waals surface area contributed by atoms with Crippen LogP contribution < -0.4 is 29.0 Å². The lowest BCUT2D eigenvalue weighted by Gasteiger charge is -2.62. The van der Waals surface area contributed by atoms with Crippen molar-refractivity contribution in [2.75, 3.05) is 47.0 Å². The molecule has 14 nitrogen and oxygen atoms in total. The SMILES string of the molecule is COc1cc2c(cc1O)CCN[C@@]21CS[C@@H]2c3c(OC(C)=O)c(C)c4c(c3[C@H](COC1=O)N1[C@@H]2[C@H]2c3c(cc(C)c(OC)c3O)C[C@@H]([C@@H]1O)N2C)OCO4. The molecule has 7 atom stereocenters. The second-order valence-electron chi connectivity index (χ2n) is 14.9. The molecule has 15 heteroatoms. The van der Waals surface area contributed by atoms with Crippen molar-refractivity contribution in [1.82, 2.24) is 15.1 Å². The highest BCUT2D eigenvalue weighted by atomic mass is 32.2. The maximum atomic E-state index is 14.7. The third-order valence-corrected chi connectivity index (χ3v) is 13.7. The molecule has 0 aromatic heterocycles. The number of aliphatic hydroxyl groups excluding tert-OH is 1. The van der Waals surface area contributed by atoms with E-state index in [9.17, 15) is 24.9 Å². The number of aliphatic hydroxyl groups is 1. The number of carbonyl (C=O) groups excluding carboxylic acids is 2. The second kappa shape index (κ2) is 12.6. The fourth-order valence-electron chi connectivity index (χ4n) is 10.00. The molecule has 3 aromatic carbocycles. The topological polar surface area (TPSA) is 169 Å². The first kappa shape index (κ1) is 35.3. The molecular weight excluding hydrogens is 719 g/mol. The number of aryl methyl sites for hydroxylation is 1. The lowest BCUT2D eigenvalue weighted by atomic mass is 9.73. The van der Waals surface area contributed by atoms with Crippen LogP contribution in [0.4, 0.5) is 0 Å². The number of esters is 2. The van der Waals surface area contributed by atoms with E-state index in [1.165, 1.54) is 32.9 Å². The zero-order chi connectivity index (χ0) is 38.0. The molecule has 0 amide bonds. The maximum Gasteiger partial charge on any atom is 0.331 e. The van der Waals surface area contributed by atoms with Crippen molar-refractivity contribution in [3.8, 4) is 40.2 Å². The van der Waals surface area contributed by atoms with E-state index in [1.807, 2.05) is 31.9 Å². The molecule has 0 aliphatic carbocycles. The van der Waals surface area contributed by atoms with Crippen LogP contribution in [0.15, 0.2) is 18.2 Å². The Bertz CT molecular complexity index is 2130. The van der Waals surface area contributed by atoms with E-state index < -0.39 is 47.1 Å². The number of ether oxygens (including phenoxy) is 6. The van der Waals surface area contributed by atoms with Crippen molar-refractivity contribution in [2.45, 2.75) is 74.8 Å². The van der Waals surface area contributed by atoms with E-state index in [2.05, 4.69) is 10.2 Å². The number of likely N-dealkylation sites (N-methyl/N-ethyl adjacent to an activating group) is 1. The fraction of sp³-hybridized carbons (Fsp3) is 0.487. The van der Waals surface area contributed by atoms with Crippen molar-refractivity contribution in [2.24, 2.45) is 0 Å². The molecule has 7 aliphatic heterocycles. The summed E-state index contributed by atoms with van der Waals surface area (Å²) in [5.41, 5.74) is 4.36. The molecule has 1 spiro atoms. The van der Waals surface area contributed by atoms with E-state index in [0.29, 0.717) is 70.2 Å². The summed E-state index contributed by atoms with van der Waals surface area (Å²) in [6.07, 6.45) is -0.0282. The maximum absolute atomic E-state index is 14.7. The fourth-order valence-corrected chi connectivity index (χ4v) is 11.7. The van der Waals surface area contributed by atoms with Crippen LogP contribution in [-0.2, 0) is 32.7 Å². The Morgan fingerprint density at radius 1 is 1.02 bits per heavy atom. The van der Waals surface area contributed by atoms with Gasteiger partial charge < -0.3 is 43.7 Å². The number of methoxy groups -OCH3 is 2. The van der Waals surface area contributed by atoms with Crippen molar-refractivity contribution in [1.29, 1.82) is 0 Å². The predicted molar refractivity (Wildman–Crippen MR) is 195 cm³/mol. The molecule has 7 heterocycles. The normalized spacial score (nSPS) is 29.4. The van der Waals surface area contributed by atoms with Gasteiger partial charge in [-0.05, 0) is 68.1 Å². The van der Waals surface area contributed by atoms with Gasteiger partial charge in [0.15, 0.2) is 40.0 Å². The van der Waals surface area contributed by atoms with Crippen molar-refractivity contribution in [3.63, 3.8) is 0 Å². The summed E-state index contributed by atoms with van der Waals surface area (Å²) in [6.45, 7) is 5.26. The Balaban J connectivity index is 1.32. The van der Waals surface area contributed by atoms with E-state index in [-0.39, 0.29) is 42.4 Å². The van der Waals surface area contributed by atoms with Crippen LogP contribution in [0.3, 0.4) is 0 Å². The Hall–Kier alpha value is -4.41. The first-order chi connectivity index (χ1) is 25.9. The molecule has 2 fully saturated rings. The summed E-state index contributed by atoms with van der Waals surface area (Å²) >= 11 is 1.47. The first-order valence-electron chi connectivity index (χ1n) is 18.1. The van der Waals surface area contributed by atoms with Gasteiger partial charge in [-0.25, -0.2) is 4.79 Å². The predicted octanol–water partition coefficient (Wildman–Crippen LogP) is 3.41. The highest BCUT2D eigenvalue weighted by molar-refractivity contribution is 7.99. The molecule has 3 aromatic rings. The zero-order valence-corrected chi connectivity index (χ0v) is 31.7. The number of thioether (sulfide) groups is 1. The van der Waals surface area contributed by atoms with Gasteiger partial charge in [0.25, 0.3) is 0 Å². The average Bonchev–Trinajstić information content (AvgIpc) is 3.63. The van der Waals surface area contributed by atoms with E-state index in [4.69, 9.17) is 28.4 Å². The highest BCUT2D eigenvalue weighted by Crippen LogP contribution is 2.64. The summed E-state index contributed by atoms with van der Waals surface area (Å²) in [5, 5.41) is 38.2. The molecule has 7 aliphatic rings. The first-order valence-corrected chi connectivity index (χ1v) is 19.1. The molecule has 4 bridgehead atoms. The standard InChI is InChI=1S/C39H43N3O11S/c1-16-9-20-10-22-37(46)42-23-13-50-38(47)39(21-12-25(48-5)24(44)11-19(21)7-8-40-39)14-54-36(30(42)29(41(22)4)26(20)31(45)32(16)49-6)28-27(23)35-34(51-15-52-35)17(2)33(28)53-18(3)43/h9,11-12,22-23,29-30,36-37,40,44-46H,7-8,10,13-15H2,1-6H3/t22-,23-,29+,30+,36+,37-,39-/m0/s1. The summed E-state index contributed by atoms with van der Waals surface area (Å²) in [4.78, 5) is 31.7. The van der Waals surface area contributed by atoms with Crippen LogP contribution in [0.25, 0.3) is 0 Å². The van der Waals surface area contributed by atoms with Crippen LogP contribution in [-0.4, -0.2) is 102 Å². The number of hydrogen-bond acceptors (Lipinski definition) is 15. The van der Waals surface area contributed by atoms with Gasteiger partial charge in [-0.3, -0.25) is 19.9 Å². The highest BCUT2D eigenvalue weighted by Gasteiger charge is 2.61. The number of piperazine rings is 1. The molecule has 0 radical (unpaired) electrons. The van der Waals surface area contributed by atoms with Crippen LogP contribution in [0.5, 0.6) is 40.2 Å². The average molecular weight is 762 g/mol. The number of nitrogens with one attached hydrogen (secondary N) is 1. The van der Waals surface area contributed by atoms with Crippen LogP contribution in [0.2, 0.25) is 0 Å². The molecule has 0 unspecified atom stereocenters. The largest absolute Gasteiger partial charge is 0.504 e. The van der Waals surface area contributed by atoms with Gasteiger partial charge in [-0.15, -0.1) is 11.8 Å². The smallest absolute Gasteiger partial charge is 0.331 e. The van der Waals surface area contributed by atoms with Crippen molar-refractivity contribution in [3.05, 3.63) is 62.7 Å². The summed E-state index contributed by atoms with van der Waals surface area (Å²) in [6, 6.07) is 3.13. The molecule has 10 rings (SSSR count). The van der Waals surface area contributed by atoms with Gasteiger partial charge in [0.05, 0.1) is 37.6 Å². The van der Waals surface area contributed by atoms with Gasteiger partial charge in [0.1, 0.15) is 18.6 Å². The monoisotopic (exact) mass is 761 g/mol. The Kier molecular flexibility index (Phi) is 8.21. The number of aromatic hydroxyl groups is 2. The second-order valence-corrected chi connectivity index (χ2v) is 16.1. The molecule has 4 N–H and O–H groups in total. The number of carbonyl (C=O) groups is 2. The summed E-state index contributed by atoms with van der Waals surface area (Å²) in [5.74, 6) is 0.949. The van der Waals surface area contributed by atoms with Crippen molar-refractivity contribution < 1.29 is 53.3 Å². The van der Waals surface area contributed by atoms with Gasteiger partial charge >= 0.3 is 11.9 Å². The molecular formula is C39H43N3O11S. The van der Waals surface area contributed by atoms with E-state index in [0.717, 1.165) is 16.7 Å². The van der Waals surface area contributed by atoms with Crippen LogP contribution in [0.1, 0.15) is 68.8 Å². The molecule has 0 saturated carbocycles. The Labute approximate surface area is 316 Å². The van der Waals surface area contributed by atoms with Crippen LogP contribution >= 0.6 is 11.8 Å². The zero-order valence-electron chi connectivity index (χ0n) is 30.8. The van der Waals surface area contributed by atoms with Gasteiger partial charge in [0, 0.05) is 47.5 Å². The summed E-state index contributed by atoms with van der Waals surface area (Å²) in [7, 11) is 4.96. The quantitative estimate of drug-likeness (QED) is 0.226. The van der Waals surface area contributed by atoms with Gasteiger partial charge in [-0.1, -0.05) is 6.07 Å². The summed E-state index contributed by atoms with van der Waals surface area (Å²) < 4.78 is 35.9. The minimum atomic E-state index is -1.36. The number of phenols is 2. The molecule has 286 valence electrons. The number of rotatable bonds is 3. The molecule has 2 saturated heterocycles. The van der Waals surface area contributed by atoms with Crippen LogP contribution in [0, 0.1) is 13.8 Å². The number of hydrogen-bond donors (Lipinski definition) is 4. The third-order valence-electron chi connectivity index (χ3n) is 12.3. The minimum Gasteiger partial charge on any atom is -0.504 e. The Morgan fingerprint density at radius 3 is 2.54 bits per heavy atom. The van der Waals surface area contributed by atoms with Gasteiger partial charge in [0.2, 0.25) is 6.79 Å². The number of phenolic OH excluding ortho intramolecular Hbond substituents is 2. The lowest BCUT2D eigenvalue weighted by molar-refractivity contribution is -0.186. The van der Waals surface area contributed by atoms with Crippen molar-refractivity contribution >= 4 is 23.7 Å². The minimum absolute atomic E-state index is 0.0226. The number of nitrogens with zero attached hydrogens (tertiary/aromatic N) is 2.